The van der Waals surface area contributed by atoms with E-state index in [2.05, 4.69) is 18.5 Å². The minimum Gasteiger partial charge on any atom is -0.352 e. The zero-order valence-electron chi connectivity index (χ0n) is 12.5. The van der Waals surface area contributed by atoms with E-state index in [0.717, 1.165) is 32.2 Å². The summed E-state index contributed by atoms with van der Waals surface area (Å²) < 4.78 is 0. The van der Waals surface area contributed by atoms with Gasteiger partial charge in [0.05, 0.1) is 0 Å². The molecule has 1 saturated carbocycles. The van der Waals surface area contributed by atoms with Gasteiger partial charge in [0, 0.05) is 17.7 Å². The van der Waals surface area contributed by atoms with Crippen LogP contribution in [0.5, 0.6) is 0 Å². The van der Waals surface area contributed by atoms with Crippen molar-refractivity contribution in [1.29, 1.82) is 0 Å². The number of hydrogen-bond donors (Lipinski definition) is 2. The van der Waals surface area contributed by atoms with Crippen LogP contribution >= 0.6 is 11.8 Å². The highest BCUT2D eigenvalue weighted by molar-refractivity contribution is 7.99. The Balaban J connectivity index is 2.29. The van der Waals surface area contributed by atoms with Crippen molar-refractivity contribution < 1.29 is 4.79 Å². The lowest BCUT2D eigenvalue weighted by atomic mass is 9.93. The third-order valence-electron chi connectivity index (χ3n) is 4.28. The molecule has 3 atom stereocenters. The lowest BCUT2D eigenvalue weighted by Gasteiger charge is -2.31. The van der Waals surface area contributed by atoms with Gasteiger partial charge in [0.15, 0.2) is 0 Å². The molecule has 0 heterocycles. The van der Waals surface area contributed by atoms with Crippen molar-refractivity contribution in [3.8, 4) is 0 Å². The van der Waals surface area contributed by atoms with Crippen LogP contribution in [0.4, 0.5) is 0 Å². The number of thioether (sulfide) groups is 1. The standard InChI is InChI=1S/C15H30N2OS/c1-3-12(10-11-16)8-9-15(18)17-13-6-4-5-7-14(13)19-2/h12-14H,3-11,16H2,1-2H3,(H,17,18). The van der Waals surface area contributed by atoms with Crippen molar-refractivity contribution in [3.63, 3.8) is 0 Å². The molecule has 1 fully saturated rings. The molecule has 0 aromatic heterocycles. The van der Waals surface area contributed by atoms with E-state index in [-0.39, 0.29) is 5.91 Å². The summed E-state index contributed by atoms with van der Waals surface area (Å²) in [5, 5.41) is 3.86. The van der Waals surface area contributed by atoms with E-state index >= 15 is 0 Å². The number of rotatable bonds is 8. The average Bonchev–Trinajstić information content (AvgIpc) is 2.44. The van der Waals surface area contributed by atoms with Gasteiger partial charge in [-0.25, -0.2) is 0 Å². The molecular weight excluding hydrogens is 256 g/mol. The Morgan fingerprint density at radius 3 is 2.74 bits per heavy atom. The second-order valence-electron chi connectivity index (χ2n) is 5.62. The molecule has 0 aliphatic heterocycles. The topological polar surface area (TPSA) is 55.1 Å². The van der Waals surface area contributed by atoms with Crippen LogP contribution in [0, 0.1) is 5.92 Å². The van der Waals surface area contributed by atoms with Crippen LogP contribution in [0.2, 0.25) is 0 Å². The molecule has 0 spiro atoms. The van der Waals surface area contributed by atoms with Gasteiger partial charge < -0.3 is 11.1 Å². The Bertz CT molecular complexity index is 261. The number of nitrogens with one attached hydrogen (secondary N) is 1. The normalized spacial score (nSPS) is 25.0. The molecule has 0 aromatic carbocycles. The van der Waals surface area contributed by atoms with Gasteiger partial charge in [0.2, 0.25) is 5.91 Å². The second kappa shape index (κ2) is 9.65. The van der Waals surface area contributed by atoms with Gasteiger partial charge in [-0.15, -0.1) is 0 Å². The Morgan fingerprint density at radius 2 is 2.11 bits per heavy atom. The first kappa shape index (κ1) is 16.8. The van der Waals surface area contributed by atoms with Crippen LogP contribution in [0.15, 0.2) is 0 Å². The van der Waals surface area contributed by atoms with E-state index < -0.39 is 0 Å². The average molecular weight is 286 g/mol. The van der Waals surface area contributed by atoms with E-state index in [9.17, 15) is 4.79 Å². The summed E-state index contributed by atoms with van der Waals surface area (Å²) in [5.74, 6) is 0.847. The van der Waals surface area contributed by atoms with Gasteiger partial charge in [-0.1, -0.05) is 26.2 Å². The molecule has 19 heavy (non-hydrogen) atoms. The molecule has 0 aromatic rings. The van der Waals surface area contributed by atoms with Gasteiger partial charge in [-0.05, 0) is 44.4 Å². The molecule has 1 aliphatic rings. The van der Waals surface area contributed by atoms with E-state index in [0.29, 0.717) is 23.6 Å². The van der Waals surface area contributed by atoms with E-state index in [1.807, 2.05) is 11.8 Å². The third-order valence-corrected chi connectivity index (χ3v) is 5.45. The maximum atomic E-state index is 12.0. The molecule has 3 N–H and O–H groups in total. The molecular formula is C15H30N2OS. The summed E-state index contributed by atoms with van der Waals surface area (Å²) in [7, 11) is 0. The molecule has 1 amide bonds. The van der Waals surface area contributed by atoms with Crippen LogP contribution in [-0.2, 0) is 4.79 Å². The van der Waals surface area contributed by atoms with E-state index in [1.165, 1.54) is 19.3 Å². The predicted octanol–water partition coefficient (Wildman–Crippen LogP) is 2.93. The fraction of sp³-hybridized carbons (Fsp3) is 0.933. The van der Waals surface area contributed by atoms with Gasteiger partial charge >= 0.3 is 0 Å². The first-order valence-electron chi connectivity index (χ1n) is 7.73. The summed E-state index contributed by atoms with van der Waals surface area (Å²) >= 11 is 1.90. The molecule has 0 radical (unpaired) electrons. The number of amides is 1. The van der Waals surface area contributed by atoms with Crippen LogP contribution in [-0.4, -0.2) is 30.0 Å². The maximum absolute atomic E-state index is 12.0. The molecule has 3 unspecified atom stereocenters. The number of carbonyl (C=O) groups excluding carboxylic acids is 1. The van der Waals surface area contributed by atoms with Crippen LogP contribution in [0.25, 0.3) is 0 Å². The van der Waals surface area contributed by atoms with Gasteiger partial charge in [-0.3, -0.25) is 4.79 Å². The Kier molecular flexibility index (Phi) is 8.55. The zero-order valence-corrected chi connectivity index (χ0v) is 13.3. The monoisotopic (exact) mass is 286 g/mol. The van der Waals surface area contributed by atoms with E-state index in [4.69, 9.17) is 5.73 Å². The fourth-order valence-corrected chi connectivity index (χ4v) is 3.88. The summed E-state index contributed by atoms with van der Waals surface area (Å²) in [6.45, 7) is 2.92. The minimum atomic E-state index is 0.237. The molecule has 4 heteroatoms. The SMILES string of the molecule is CCC(CCN)CCC(=O)NC1CCCCC1SC. The first-order chi connectivity index (χ1) is 9.21. The fourth-order valence-electron chi connectivity index (χ4n) is 2.95. The van der Waals surface area contributed by atoms with Gasteiger partial charge in [0.1, 0.15) is 0 Å². The Hall–Kier alpha value is -0.220. The minimum absolute atomic E-state index is 0.237. The first-order valence-corrected chi connectivity index (χ1v) is 9.02. The molecule has 1 rings (SSSR count). The predicted molar refractivity (Wildman–Crippen MR) is 84.4 cm³/mol. The molecule has 112 valence electrons. The maximum Gasteiger partial charge on any atom is 0.220 e. The molecule has 0 saturated heterocycles. The lowest BCUT2D eigenvalue weighted by Crippen LogP contribution is -2.43. The Morgan fingerprint density at radius 1 is 1.37 bits per heavy atom. The van der Waals surface area contributed by atoms with Crippen LogP contribution in [0.1, 0.15) is 58.3 Å². The highest BCUT2D eigenvalue weighted by Gasteiger charge is 2.25. The summed E-state index contributed by atoms with van der Waals surface area (Å²) in [6.07, 6.45) is 10.9. The summed E-state index contributed by atoms with van der Waals surface area (Å²) in [4.78, 5) is 12.0. The van der Waals surface area contributed by atoms with Crippen molar-refractivity contribution in [2.75, 3.05) is 12.8 Å². The largest absolute Gasteiger partial charge is 0.352 e. The number of carbonyl (C=O) groups is 1. The van der Waals surface area contributed by atoms with Crippen molar-refractivity contribution in [2.45, 2.75) is 69.6 Å². The molecule has 0 bridgehead atoms. The lowest BCUT2D eigenvalue weighted by molar-refractivity contribution is -0.122. The molecule has 3 nitrogen and oxygen atoms in total. The van der Waals surface area contributed by atoms with Crippen molar-refractivity contribution in [1.82, 2.24) is 5.32 Å². The third kappa shape index (κ3) is 6.17. The molecule has 1 aliphatic carbocycles. The highest BCUT2D eigenvalue weighted by atomic mass is 32.2. The number of hydrogen-bond acceptors (Lipinski definition) is 3. The van der Waals surface area contributed by atoms with Crippen LogP contribution in [0.3, 0.4) is 0 Å². The van der Waals surface area contributed by atoms with Crippen molar-refractivity contribution >= 4 is 17.7 Å². The summed E-state index contributed by atoms with van der Waals surface area (Å²) in [5.41, 5.74) is 5.59. The quantitative estimate of drug-likeness (QED) is 0.721. The number of nitrogens with two attached hydrogens (primary N) is 1. The van der Waals surface area contributed by atoms with E-state index in [1.54, 1.807) is 0 Å². The highest BCUT2D eigenvalue weighted by Crippen LogP contribution is 2.27. The smallest absolute Gasteiger partial charge is 0.220 e. The van der Waals surface area contributed by atoms with Crippen molar-refractivity contribution in [2.24, 2.45) is 11.7 Å². The van der Waals surface area contributed by atoms with Gasteiger partial charge in [-0.2, -0.15) is 11.8 Å². The summed E-state index contributed by atoms with van der Waals surface area (Å²) in [6, 6.07) is 0.394. The zero-order chi connectivity index (χ0) is 14.1. The van der Waals surface area contributed by atoms with Crippen LogP contribution < -0.4 is 11.1 Å². The Labute approximate surface area is 122 Å². The second-order valence-corrected chi connectivity index (χ2v) is 6.70. The van der Waals surface area contributed by atoms with Gasteiger partial charge in [0.25, 0.3) is 0 Å². The van der Waals surface area contributed by atoms with Crippen molar-refractivity contribution in [3.05, 3.63) is 0 Å².